The lowest BCUT2D eigenvalue weighted by molar-refractivity contribution is 1.13. The Morgan fingerprint density at radius 2 is 2.56 bits per heavy atom. The smallest absolute Gasteiger partial charge is 0.107 e. The van der Waals surface area contributed by atoms with Crippen LogP contribution in [-0.2, 0) is 0 Å². The molecule has 0 aliphatic heterocycles. The molecule has 2 aromatic heterocycles. The van der Waals surface area contributed by atoms with Crippen LogP contribution < -0.4 is 0 Å². The zero-order valence-corrected chi connectivity index (χ0v) is 4.78. The van der Waals surface area contributed by atoms with E-state index in [0.717, 1.165) is 5.52 Å². The molecule has 0 aromatic carbocycles. The summed E-state index contributed by atoms with van der Waals surface area (Å²) in [4.78, 5) is 3.84. The molecule has 0 bridgehead atoms. The standard InChI is InChI=1S/C7H5N2/c1-2-7-6-8-3-5-9(7)4-1/h1-2,4-6H. The molecular formula is C7H5N2. The Kier molecular flexibility index (Phi) is 0.803. The Bertz CT molecular complexity index is 281. The highest BCUT2D eigenvalue weighted by atomic mass is 14.9. The van der Waals surface area contributed by atoms with E-state index in [4.69, 9.17) is 0 Å². The fourth-order valence-corrected chi connectivity index (χ4v) is 0.833. The van der Waals surface area contributed by atoms with Crippen molar-refractivity contribution in [1.29, 1.82) is 0 Å². The van der Waals surface area contributed by atoms with Gasteiger partial charge in [0.15, 0.2) is 0 Å². The zero-order chi connectivity index (χ0) is 6.10. The van der Waals surface area contributed by atoms with Crippen molar-refractivity contribution in [2.75, 3.05) is 0 Å². The number of fused-ring (bicyclic) bond motifs is 1. The van der Waals surface area contributed by atoms with Crippen LogP contribution in [0.25, 0.3) is 5.52 Å². The van der Waals surface area contributed by atoms with Gasteiger partial charge in [0.1, 0.15) is 6.20 Å². The van der Waals surface area contributed by atoms with Crippen molar-refractivity contribution in [2.45, 2.75) is 0 Å². The van der Waals surface area contributed by atoms with Crippen molar-refractivity contribution in [3.05, 3.63) is 36.9 Å². The number of hydrogen-bond acceptors (Lipinski definition) is 1. The monoisotopic (exact) mass is 117 g/mol. The minimum absolute atomic E-state index is 1.11. The van der Waals surface area contributed by atoms with Crippen LogP contribution in [0, 0.1) is 6.20 Å². The second kappa shape index (κ2) is 1.58. The fourth-order valence-electron chi connectivity index (χ4n) is 0.833. The molecule has 0 saturated carbocycles. The Morgan fingerprint density at radius 1 is 1.56 bits per heavy atom. The van der Waals surface area contributed by atoms with Gasteiger partial charge >= 0.3 is 0 Å². The molecule has 2 heterocycles. The van der Waals surface area contributed by atoms with Gasteiger partial charge in [0.2, 0.25) is 0 Å². The molecule has 0 aliphatic carbocycles. The van der Waals surface area contributed by atoms with Gasteiger partial charge in [-0.25, -0.2) is 0 Å². The molecule has 9 heavy (non-hydrogen) atoms. The van der Waals surface area contributed by atoms with E-state index in [-0.39, 0.29) is 0 Å². The SMILES string of the molecule is [c]1cn2cccc2cn1. The third-order valence-corrected chi connectivity index (χ3v) is 1.28. The van der Waals surface area contributed by atoms with Crippen LogP contribution in [-0.4, -0.2) is 9.38 Å². The second-order valence-electron chi connectivity index (χ2n) is 1.86. The van der Waals surface area contributed by atoms with Crippen LogP contribution in [0.3, 0.4) is 0 Å². The van der Waals surface area contributed by atoms with Crippen molar-refractivity contribution in [3.63, 3.8) is 0 Å². The third kappa shape index (κ3) is 0.598. The van der Waals surface area contributed by atoms with Gasteiger partial charge in [0, 0.05) is 12.4 Å². The zero-order valence-electron chi connectivity index (χ0n) is 4.78. The van der Waals surface area contributed by atoms with Gasteiger partial charge in [-0.2, -0.15) is 0 Å². The molecule has 0 amide bonds. The molecule has 2 nitrogen and oxygen atoms in total. The first-order valence-electron chi connectivity index (χ1n) is 2.75. The first-order valence-corrected chi connectivity index (χ1v) is 2.75. The van der Waals surface area contributed by atoms with E-state index < -0.39 is 0 Å². The van der Waals surface area contributed by atoms with Gasteiger partial charge in [-0.15, -0.1) is 0 Å². The maximum absolute atomic E-state index is 3.84. The second-order valence-corrected chi connectivity index (χ2v) is 1.86. The van der Waals surface area contributed by atoms with Gasteiger partial charge in [-0.05, 0) is 12.1 Å². The average molecular weight is 117 g/mol. The Morgan fingerprint density at radius 3 is 3.44 bits per heavy atom. The third-order valence-electron chi connectivity index (χ3n) is 1.28. The number of nitrogens with zero attached hydrogens (tertiary/aromatic N) is 2. The predicted molar refractivity (Wildman–Crippen MR) is 34.0 cm³/mol. The topological polar surface area (TPSA) is 17.3 Å². The number of hydrogen-bond donors (Lipinski definition) is 0. The summed E-state index contributed by atoms with van der Waals surface area (Å²) in [6.45, 7) is 0. The van der Waals surface area contributed by atoms with Gasteiger partial charge in [-0.3, -0.25) is 4.98 Å². The van der Waals surface area contributed by atoms with Gasteiger partial charge in [-0.1, -0.05) is 0 Å². The average Bonchev–Trinajstić information content (AvgIpc) is 2.33. The molecule has 0 unspecified atom stereocenters. The molecule has 0 aliphatic rings. The molecule has 0 spiro atoms. The van der Waals surface area contributed by atoms with Crippen LogP contribution in [0.5, 0.6) is 0 Å². The molecule has 0 saturated heterocycles. The minimum Gasteiger partial charge on any atom is -0.320 e. The van der Waals surface area contributed by atoms with Crippen LogP contribution in [0.4, 0.5) is 0 Å². The van der Waals surface area contributed by atoms with E-state index in [2.05, 4.69) is 11.2 Å². The lowest BCUT2D eigenvalue weighted by Crippen LogP contribution is -1.79. The normalized spacial score (nSPS) is 10.2. The largest absolute Gasteiger partial charge is 0.320 e. The summed E-state index contributed by atoms with van der Waals surface area (Å²) in [6, 6.07) is 3.98. The quantitative estimate of drug-likeness (QED) is 0.505. The maximum Gasteiger partial charge on any atom is 0.107 e. The molecule has 2 aromatic rings. The van der Waals surface area contributed by atoms with Gasteiger partial charge in [0.05, 0.1) is 11.7 Å². The Hall–Kier alpha value is -1.31. The van der Waals surface area contributed by atoms with Crippen LogP contribution in [0.15, 0.2) is 30.7 Å². The highest BCUT2D eigenvalue weighted by Crippen LogP contribution is 1.98. The first kappa shape index (κ1) is 4.56. The van der Waals surface area contributed by atoms with Crippen LogP contribution in [0.2, 0.25) is 0 Å². The molecule has 43 valence electrons. The molecule has 0 N–H and O–H groups in total. The summed E-state index contributed by atoms with van der Waals surface area (Å²) in [6.07, 6.45) is 8.28. The minimum atomic E-state index is 1.11. The van der Waals surface area contributed by atoms with Crippen molar-refractivity contribution in [2.24, 2.45) is 0 Å². The van der Waals surface area contributed by atoms with Gasteiger partial charge < -0.3 is 4.40 Å². The number of rotatable bonds is 0. The van der Waals surface area contributed by atoms with Crippen LogP contribution in [0.1, 0.15) is 0 Å². The van der Waals surface area contributed by atoms with Crippen molar-refractivity contribution in [3.8, 4) is 0 Å². The van der Waals surface area contributed by atoms with E-state index >= 15 is 0 Å². The summed E-state index contributed by atoms with van der Waals surface area (Å²) in [5, 5.41) is 0. The lowest BCUT2D eigenvalue weighted by atomic mass is 10.5. The highest BCUT2D eigenvalue weighted by Gasteiger charge is 1.85. The molecule has 2 rings (SSSR count). The van der Waals surface area contributed by atoms with E-state index in [1.165, 1.54) is 0 Å². The number of aromatic nitrogens is 2. The summed E-state index contributed by atoms with van der Waals surface area (Å²) in [5.74, 6) is 0. The van der Waals surface area contributed by atoms with Crippen molar-refractivity contribution in [1.82, 2.24) is 9.38 Å². The van der Waals surface area contributed by atoms with E-state index in [1.807, 2.05) is 22.7 Å². The predicted octanol–water partition coefficient (Wildman–Crippen LogP) is 1.13. The van der Waals surface area contributed by atoms with E-state index in [1.54, 1.807) is 12.4 Å². The molecule has 2 heteroatoms. The summed E-state index contributed by atoms with van der Waals surface area (Å²) >= 11 is 0. The molecule has 0 fully saturated rings. The van der Waals surface area contributed by atoms with E-state index in [0.29, 0.717) is 0 Å². The van der Waals surface area contributed by atoms with Crippen molar-refractivity contribution >= 4 is 5.52 Å². The maximum atomic E-state index is 3.84. The van der Waals surface area contributed by atoms with Crippen LogP contribution >= 0.6 is 0 Å². The van der Waals surface area contributed by atoms with Gasteiger partial charge in [0.25, 0.3) is 0 Å². The Balaban J connectivity index is 2.95. The van der Waals surface area contributed by atoms with Crippen molar-refractivity contribution < 1.29 is 0 Å². The Labute approximate surface area is 52.8 Å². The summed E-state index contributed by atoms with van der Waals surface area (Å²) < 4.78 is 1.97. The highest BCUT2D eigenvalue weighted by molar-refractivity contribution is 5.43. The summed E-state index contributed by atoms with van der Waals surface area (Å²) in [7, 11) is 0. The molecule has 0 atom stereocenters. The molecular weight excluding hydrogens is 112 g/mol. The summed E-state index contributed by atoms with van der Waals surface area (Å²) in [5.41, 5.74) is 1.11. The fraction of sp³-hybridized carbons (Fsp3) is 0. The molecule has 1 radical (unpaired) electrons. The lowest BCUT2D eigenvalue weighted by Gasteiger charge is -1.87. The van der Waals surface area contributed by atoms with E-state index in [9.17, 15) is 0 Å². The first-order chi connectivity index (χ1) is 4.47.